The van der Waals surface area contributed by atoms with Gasteiger partial charge in [0, 0.05) is 5.56 Å². The van der Waals surface area contributed by atoms with Crippen LogP contribution in [0.1, 0.15) is 48.2 Å². The zero-order valence-corrected chi connectivity index (χ0v) is 11.2. The highest BCUT2D eigenvalue weighted by molar-refractivity contribution is 5.95. The lowest BCUT2D eigenvalue weighted by Gasteiger charge is -2.13. The van der Waals surface area contributed by atoms with Crippen molar-refractivity contribution in [2.75, 3.05) is 0 Å². The lowest BCUT2D eigenvalue weighted by molar-refractivity contribution is 0.112. The highest BCUT2D eigenvalue weighted by Crippen LogP contribution is 2.27. The SMILES string of the molecule is CCCc1cccc2ccc(C=O)c(CCC)c12. The maximum Gasteiger partial charge on any atom is 0.150 e. The van der Waals surface area contributed by atoms with Crippen molar-refractivity contribution in [3.63, 3.8) is 0 Å². The average molecular weight is 240 g/mol. The van der Waals surface area contributed by atoms with E-state index in [2.05, 4.69) is 38.1 Å². The predicted molar refractivity (Wildman–Crippen MR) is 77.3 cm³/mol. The van der Waals surface area contributed by atoms with Gasteiger partial charge in [-0.2, -0.15) is 0 Å². The zero-order valence-electron chi connectivity index (χ0n) is 11.2. The van der Waals surface area contributed by atoms with Crippen molar-refractivity contribution >= 4 is 17.1 Å². The molecule has 0 aliphatic carbocycles. The molecule has 0 amide bonds. The first-order valence-corrected chi connectivity index (χ1v) is 6.80. The Morgan fingerprint density at radius 2 is 1.78 bits per heavy atom. The van der Waals surface area contributed by atoms with Gasteiger partial charge in [-0.05, 0) is 34.7 Å². The summed E-state index contributed by atoms with van der Waals surface area (Å²) in [4.78, 5) is 11.2. The van der Waals surface area contributed by atoms with Crippen molar-refractivity contribution in [3.8, 4) is 0 Å². The van der Waals surface area contributed by atoms with Crippen molar-refractivity contribution in [3.05, 3.63) is 47.0 Å². The van der Waals surface area contributed by atoms with Crippen LogP contribution < -0.4 is 0 Å². The van der Waals surface area contributed by atoms with E-state index in [1.165, 1.54) is 21.9 Å². The van der Waals surface area contributed by atoms with Gasteiger partial charge >= 0.3 is 0 Å². The second kappa shape index (κ2) is 5.81. The molecule has 0 saturated carbocycles. The molecule has 1 nitrogen and oxygen atoms in total. The molecule has 0 aromatic heterocycles. The molecule has 0 aliphatic heterocycles. The molecule has 94 valence electrons. The third kappa shape index (κ3) is 2.31. The molecule has 0 saturated heterocycles. The van der Waals surface area contributed by atoms with Crippen LogP contribution in [0.5, 0.6) is 0 Å². The normalized spacial score (nSPS) is 10.8. The van der Waals surface area contributed by atoms with E-state index in [4.69, 9.17) is 0 Å². The lowest BCUT2D eigenvalue weighted by Crippen LogP contribution is -1.97. The number of carbonyl (C=O) groups is 1. The highest BCUT2D eigenvalue weighted by atomic mass is 16.1. The third-order valence-electron chi connectivity index (χ3n) is 3.42. The van der Waals surface area contributed by atoms with Gasteiger partial charge in [-0.25, -0.2) is 0 Å². The Bertz CT molecular complexity index is 555. The number of benzene rings is 2. The predicted octanol–water partition coefficient (Wildman–Crippen LogP) is 4.56. The molecule has 0 unspecified atom stereocenters. The van der Waals surface area contributed by atoms with Gasteiger partial charge in [0.15, 0.2) is 0 Å². The van der Waals surface area contributed by atoms with Crippen LogP contribution in [0.25, 0.3) is 10.8 Å². The largest absolute Gasteiger partial charge is 0.298 e. The number of hydrogen-bond donors (Lipinski definition) is 0. The van der Waals surface area contributed by atoms with Gasteiger partial charge in [0.2, 0.25) is 0 Å². The Kier molecular flexibility index (Phi) is 4.14. The molecule has 0 radical (unpaired) electrons. The summed E-state index contributed by atoms with van der Waals surface area (Å²) in [5.74, 6) is 0. The van der Waals surface area contributed by atoms with Crippen molar-refractivity contribution in [1.29, 1.82) is 0 Å². The number of fused-ring (bicyclic) bond motifs is 1. The van der Waals surface area contributed by atoms with Gasteiger partial charge in [0.05, 0.1) is 0 Å². The number of hydrogen-bond acceptors (Lipinski definition) is 1. The topological polar surface area (TPSA) is 17.1 Å². The van der Waals surface area contributed by atoms with Crippen LogP contribution in [-0.4, -0.2) is 6.29 Å². The van der Waals surface area contributed by atoms with E-state index in [9.17, 15) is 4.79 Å². The zero-order chi connectivity index (χ0) is 13.0. The summed E-state index contributed by atoms with van der Waals surface area (Å²) in [6, 6.07) is 10.5. The Balaban J connectivity index is 2.74. The first-order valence-electron chi connectivity index (χ1n) is 6.80. The third-order valence-corrected chi connectivity index (χ3v) is 3.42. The van der Waals surface area contributed by atoms with Gasteiger partial charge in [-0.3, -0.25) is 4.79 Å². The standard InChI is InChI=1S/C17H20O/c1-3-6-13-8-5-9-14-10-11-15(12-18)16(7-4-2)17(13)14/h5,8-12H,3-4,6-7H2,1-2H3. The Morgan fingerprint density at radius 3 is 2.44 bits per heavy atom. The van der Waals surface area contributed by atoms with Gasteiger partial charge in [-0.15, -0.1) is 0 Å². The summed E-state index contributed by atoms with van der Waals surface area (Å²) in [5, 5.41) is 2.57. The molecule has 18 heavy (non-hydrogen) atoms. The van der Waals surface area contributed by atoms with E-state index in [-0.39, 0.29) is 0 Å². The van der Waals surface area contributed by atoms with Crippen LogP contribution >= 0.6 is 0 Å². The van der Waals surface area contributed by atoms with E-state index < -0.39 is 0 Å². The van der Waals surface area contributed by atoms with E-state index in [1.54, 1.807) is 0 Å². The maximum absolute atomic E-state index is 11.2. The fourth-order valence-electron chi connectivity index (χ4n) is 2.66. The Labute approximate surface area is 109 Å². The monoisotopic (exact) mass is 240 g/mol. The summed E-state index contributed by atoms with van der Waals surface area (Å²) in [6.07, 6.45) is 5.26. The summed E-state index contributed by atoms with van der Waals surface area (Å²) in [6.45, 7) is 4.36. The second-order valence-electron chi connectivity index (χ2n) is 4.77. The fourth-order valence-corrected chi connectivity index (χ4v) is 2.66. The van der Waals surface area contributed by atoms with Crippen molar-refractivity contribution in [2.45, 2.75) is 39.5 Å². The number of aldehydes is 1. The molecule has 0 spiro atoms. The van der Waals surface area contributed by atoms with Crippen molar-refractivity contribution in [1.82, 2.24) is 0 Å². The smallest absolute Gasteiger partial charge is 0.150 e. The lowest BCUT2D eigenvalue weighted by atomic mass is 9.91. The van der Waals surface area contributed by atoms with Crippen LogP contribution in [0, 0.1) is 0 Å². The molecule has 0 N–H and O–H groups in total. The molecule has 0 aliphatic rings. The molecule has 0 atom stereocenters. The number of carbonyl (C=O) groups excluding carboxylic acids is 1. The van der Waals surface area contributed by atoms with Gasteiger partial charge in [-0.1, -0.05) is 57.0 Å². The van der Waals surface area contributed by atoms with Crippen LogP contribution in [0.2, 0.25) is 0 Å². The molecular weight excluding hydrogens is 220 g/mol. The molecule has 2 rings (SSSR count). The Hall–Kier alpha value is -1.63. The minimum atomic E-state index is 0.855. The summed E-state index contributed by atoms with van der Waals surface area (Å²) in [5.41, 5.74) is 3.46. The van der Waals surface area contributed by atoms with E-state index in [1.807, 2.05) is 6.07 Å². The van der Waals surface area contributed by atoms with Crippen LogP contribution in [0.15, 0.2) is 30.3 Å². The molecule has 2 aromatic carbocycles. The molecule has 1 heteroatoms. The van der Waals surface area contributed by atoms with Crippen LogP contribution in [-0.2, 0) is 12.8 Å². The molecule has 0 bridgehead atoms. The molecular formula is C17H20O. The summed E-state index contributed by atoms with van der Waals surface area (Å²) >= 11 is 0. The first kappa shape index (κ1) is 12.8. The number of rotatable bonds is 5. The average Bonchev–Trinajstić information content (AvgIpc) is 2.40. The summed E-state index contributed by atoms with van der Waals surface area (Å²) in [7, 11) is 0. The minimum Gasteiger partial charge on any atom is -0.298 e. The molecule has 0 heterocycles. The van der Waals surface area contributed by atoms with Crippen molar-refractivity contribution in [2.24, 2.45) is 0 Å². The quantitative estimate of drug-likeness (QED) is 0.700. The highest BCUT2D eigenvalue weighted by Gasteiger charge is 2.09. The Morgan fingerprint density at radius 1 is 1.00 bits per heavy atom. The molecule has 0 fully saturated rings. The van der Waals surface area contributed by atoms with E-state index >= 15 is 0 Å². The van der Waals surface area contributed by atoms with Crippen LogP contribution in [0.4, 0.5) is 0 Å². The maximum atomic E-state index is 11.2. The first-order chi connectivity index (χ1) is 8.81. The fraction of sp³-hybridized carbons (Fsp3) is 0.353. The van der Waals surface area contributed by atoms with Gasteiger partial charge < -0.3 is 0 Å². The second-order valence-corrected chi connectivity index (χ2v) is 4.77. The minimum absolute atomic E-state index is 0.855. The van der Waals surface area contributed by atoms with Gasteiger partial charge in [0.1, 0.15) is 6.29 Å². The van der Waals surface area contributed by atoms with Crippen LogP contribution in [0.3, 0.4) is 0 Å². The summed E-state index contributed by atoms with van der Waals surface area (Å²) < 4.78 is 0. The van der Waals surface area contributed by atoms with E-state index in [0.717, 1.165) is 37.5 Å². The van der Waals surface area contributed by atoms with E-state index in [0.29, 0.717) is 0 Å². The van der Waals surface area contributed by atoms with Gasteiger partial charge in [0.25, 0.3) is 0 Å². The van der Waals surface area contributed by atoms with Crippen molar-refractivity contribution < 1.29 is 4.79 Å². The number of aryl methyl sites for hydroxylation is 2. The molecule has 2 aromatic rings.